The van der Waals surface area contributed by atoms with Gasteiger partial charge >= 0.3 is 6.03 Å². The smallest absolute Gasteiger partial charge is 0.321 e. The van der Waals surface area contributed by atoms with Crippen LogP contribution in [0.1, 0.15) is 29.5 Å². The van der Waals surface area contributed by atoms with Crippen LogP contribution in [0.5, 0.6) is 0 Å². The molecule has 0 spiro atoms. The molecule has 0 saturated carbocycles. The molecule has 0 radical (unpaired) electrons. The first-order valence-corrected chi connectivity index (χ1v) is 12.3. The molecule has 3 aromatic carbocycles. The molecule has 3 aromatic rings. The van der Waals surface area contributed by atoms with Crippen LogP contribution in [0.15, 0.2) is 72.8 Å². The normalized spacial score (nSPS) is 13.4. The fourth-order valence-corrected chi connectivity index (χ4v) is 4.39. The van der Waals surface area contributed by atoms with Crippen molar-refractivity contribution in [1.82, 2.24) is 4.90 Å². The Bertz CT molecular complexity index is 1140. The van der Waals surface area contributed by atoms with Crippen LogP contribution in [0.25, 0.3) is 0 Å². The van der Waals surface area contributed by atoms with Crippen LogP contribution in [0.2, 0.25) is 0 Å². The van der Waals surface area contributed by atoms with Gasteiger partial charge in [0, 0.05) is 49.7 Å². The topological polar surface area (TPSA) is 64.7 Å². The Kier molecular flexibility index (Phi) is 8.03. The fraction of sp³-hybridized carbons (Fsp3) is 0.310. The molecule has 1 saturated heterocycles. The first-order valence-electron chi connectivity index (χ1n) is 12.3. The van der Waals surface area contributed by atoms with Gasteiger partial charge in [-0.1, -0.05) is 48.0 Å². The number of nitrogens with one attached hydrogen (secondary N) is 2. The van der Waals surface area contributed by atoms with E-state index in [-0.39, 0.29) is 11.9 Å². The van der Waals surface area contributed by atoms with E-state index in [0.717, 1.165) is 48.6 Å². The van der Waals surface area contributed by atoms with E-state index in [1.54, 1.807) is 0 Å². The SMILES string of the molecule is Cc1ccc(NC(=O)N2CCN(c3ccc(NC(=O)CCCc4ccccc4)cc3)CC2)c(C)c1. The number of rotatable bonds is 7. The average Bonchev–Trinajstić information content (AvgIpc) is 2.87. The second kappa shape index (κ2) is 11.6. The van der Waals surface area contributed by atoms with Crippen molar-refractivity contribution in [3.05, 3.63) is 89.5 Å². The molecular formula is C29H34N4O2. The number of carbonyl (C=O) groups excluding carboxylic acids is 2. The number of anilines is 3. The summed E-state index contributed by atoms with van der Waals surface area (Å²) in [6, 6.07) is 24.2. The van der Waals surface area contributed by atoms with Gasteiger partial charge in [-0.25, -0.2) is 4.79 Å². The third-order valence-electron chi connectivity index (χ3n) is 6.42. The summed E-state index contributed by atoms with van der Waals surface area (Å²) in [5.41, 5.74) is 6.28. The monoisotopic (exact) mass is 470 g/mol. The lowest BCUT2D eigenvalue weighted by atomic mass is 10.1. The minimum absolute atomic E-state index is 0.0390. The number of amides is 3. The highest BCUT2D eigenvalue weighted by Gasteiger charge is 2.21. The molecule has 182 valence electrons. The first kappa shape index (κ1) is 24.3. The van der Waals surface area contributed by atoms with Gasteiger partial charge in [0.25, 0.3) is 0 Å². The van der Waals surface area contributed by atoms with Crippen molar-refractivity contribution in [2.24, 2.45) is 0 Å². The molecule has 35 heavy (non-hydrogen) atoms. The second-order valence-electron chi connectivity index (χ2n) is 9.16. The zero-order chi connectivity index (χ0) is 24.6. The molecular weight excluding hydrogens is 436 g/mol. The van der Waals surface area contributed by atoms with Gasteiger partial charge in [0.2, 0.25) is 5.91 Å². The van der Waals surface area contributed by atoms with E-state index in [9.17, 15) is 9.59 Å². The van der Waals surface area contributed by atoms with Crippen molar-refractivity contribution in [3.8, 4) is 0 Å². The van der Waals surface area contributed by atoms with Gasteiger partial charge in [0.05, 0.1) is 0 Å². The van der Waals surface area contributed by atoms with Gasteiger partial charge in [-0.15, -0.1) is 0 Å². The summed E-state index contributed by atoms with van der Waals surface area (Å²) in [7, 11) is 0. The van der Waals surface area contributed by atoms with Crippen molar-refractivity contribution in [3.63, 3.8) is 0 Å². The standard InChI is InChI=1S/C29H34N4O2/c1-22-11-16-27(23(2)21-22)31-29(35)33-19-17-32(18-20-33)26-14-12-25(13-15-26)30-28(34)10-6-9-24-7-4-3-5-8-24/h3-5,7-8,11-16,21H,6,9-10,17-20H2,1-2H3,(H,30,34)(H,31,35). The van der Waals surface area contributed by atoms with Gasteiger partial charge in [-0.05, 0) is 68.1 Å². The highest BCUT2D eigenvalue weighted by Crippen LogP contribution is 2.21. The molecule has 6 heteroatoms. The zero-order valence-electron chi connectivity index (χ0n) is 20.6. The zero-order valence-corrected chi connectivity index (χ0v) is 20.6. The Morgan fingerprint density at radius 2 is 1.54 bits per heavy atom. The lowest BCUT2D eigenvalue weighted by Gasteiger charge is -2.36. The fourth-order valence-electron chi connectivity index (χ4n) is 4.39. The van der Waals surface area contributed by atoms with E-state index >= 15 is 0 Å². The number of piperazine rings is 1. The van der Waals surface area contributed by atoms with Crippen LogP contribution >= 0.6 is 0 Å². The van der Waals surface area contributed by atoms with E-state index < -0.39 is 0 Å². The maximum Gasteiger partial charge on any atom is 0.321 e. The largest absolute Gasteiger partial charge is 0.368 e. The number of hydrogen-bond donors (Lipinski definition) is 2. The lowest BCUT2D eigenvalue weighted by molar-refractivity contribution is -0.116. The summed E-state index contributed by atoms with van der Waals surface area (Å²) in [6.45, 7) is 6.92. The van der Waals surface area contributed by atoms with Crippen molar-refractivity contribution in [2.75, 3.05) is 41.7 Å². The number of carbonyl (C=O) groups is 2. The molecule has 1 aliphatic heterocycles. The minimum atomic E-state index is -0.0538. The Labute approximate surface area is 207 Å². The van der Waals surface area contributed by atoms with Gasteiger partial charge < -0.3 is 20.4 Å². The third-order valence-corrected chi connectivity index (χ3v) is 6.42. The molecule has 0 atom stereocenters. The molecule has 0 aliphatic carbocycles. The first-order chi connectivity index (χ1) is 17.0. The Morgan fingerprint density at radius 3 is 2.23 bits per heavy atom. The molecule has 4 rings (SSSR count). The Morgan fingerprint density at radius 1 is 0.829 bits per heavy atom. The summed E-state index contributed by atoms with van der Waals surface area (Å²) >= 11 is 0. The van der Waals surface area contributed by atoms with Crippen LogP contribution in [-0.2, 0) is 11.2 Å². The van der Waals surface area contributed by atoms with Crippen molar-refractivity contribution in [2.45, 2.75) is 33.1 Å². The number of nitrogens with zero attached hydrogens (tertiary/aromatic N) is 2. The summed E-state index contributed by atoms with van der Waals surface area (Å²) in [6.07, 6.45) is 2.24. The molecule has 1 fully saturated rings. The van der Waals surface area contributed by atoms with E-state index in [1.807, 2.05) is 73.3 Å². The predicted molar refractivity (Wildman–Crippen MR) is 143 cm³/mol. The highest BCUT2D eigenvalue weighted by molar-refractivity contribution is 5.91. The van der Waals surface area contributed by atoms with Crippen LogP contribution in [0, 0.1) is 13.8 Å². The maximum absolute atomic E-state index is 12.7. The minimum Gasteiger partial charge on any atom is -0.368 e. The molecule has 0 bridgehead atoms. The second-order valence-corrected chi connectivity index (χ2v) is 9.16. The Hall–Kier alpha value is -3.80. The van der Waals surface area contributed by atoms with E-state index in [0.29, 0.717) is 19.5 Å². The number of benzene rings is 3. The third kappa shape index (κ3) is 6.85. The average molecular weight is 471 g/mol. The van der Waals surface area contributed by atoms with Crippen LogP contribution in [-0.4, -0.2) is 43.0 Å². The van der Waals surface area contributed by atoms with E-state index in [4.69, 9.17) is 0 Å². The summed E-state index contributed by atoms with van der Waals surface area (Å²) in [5, 5.41) is 6.03. The summed E-state index contributed by atoms with van der Waals surface area (Å²) < 4.78 is 0. The summed E-state index contributed by atoms with van der Waals surface area (Å²) in [4.78, 5) is 29.1. The van der Waals surface area contributed by atoms with Crippen molar-refractivity contribution < 1.29 is 9.59 Å². The van der Waals surface area contributed by atoms with Gasteiger partial charge in [0.1, 0.15) is 0 Å². The molecule has 0 aromatic heterocycles. The number of hydrogen-bond acceptors (Lipinski definition) is 3. The highest BCUT2D eigenvalue weighted by atomic mass is 16.2. The van der Waals surface area contributed by atoms with Crippen molar-refractivity contribution in [1.29, 1.82) is 0 Å². The molecule has 1 heterocycles. The number of aryl methyl sites for hydroxylation is 3. The summed E-state index contributed by atoms with van der Waals surface area (Å²) in [5.74, 6) is 0.0390. The van der Waals surface area contributed by atoms with E-state index in [1.165, 1.54) is 11.1 Å². The van der Waals surface area contributed by atoms with E-state index in [2.05, 4.69) is 33.7 Å². The molecule has 6 nitrogen and oxygen atoms in total. The lowest BCUT2D eigenvalue weighted by Crippen LogP contribution is -2.50. The molecule has 2 N–H and O–H groups in total. The quantitative estimate of drug-likeness (QED) is 0.471. The Balaban J connectivity index is 1.21. The van der Waals surface area contributed by atoms with Crippen LogP contribution in [0.4, 0.5) is 21.9 Å². The predicted octanol–water partition coefficient (Wildman–Crippen LogP) is 5.62. The van der Waals surface area contributed by atoms with Gasteiger partial charge in [0.15, 0.2) is 0 Å². The van der Waals surface area contributed by atoms with Crippen molar-refractivity contribution >= 4 is 29.0 Å². The van der Waals surface area contributed by atoms with Crippen LogP contribution < -0.4 is 15.5 Å². The molecule has 0 unspecified atom stereocenters. The molecule has 1 aliphatic rings. The molecule has 3 amide bonds. The number of urea groups is 1. The maximum atomic E-state index is 12.7. The van der Waals surface area contributed by atoms with Gasteiger partial charge in [-0.2, -0.15) is 0 Å². The van der Waals surface area contributed by atoms with Crippen LogP contribution in [0.3, 0.4) is 0 Å². The van der Waals surface area contributed by atoms with Gasteiger partial charge in [-0.3, -0.25) is 4.79 Å².